The van der Waals surface area contributed by atoms with Gasteiger partial charge in [0.2, 0.25) is 0 Å². The van der Waals surface area contributed by atoms with Crippen LogP contribution in [0, 0.1) is 13.8 Å². The average molecular weight is 303 g/mol. The van der Waals surface area contributed by atoms with Crippen LogP contribution in [-0.4, -0.2) is 6.04 Å². The van der Waals surface area contributed by atoms with Crippen molar-refractivity contribution >= 4 is 11.3 Å². The van der Waals surface area contributed by atoms with Crippen molar-refractivity contribution in [3.05, 3.63) is 51.2 Å². The molecule has 2 N–H and O–H groups in total. The number of benzene rings is 1. The first kappa shape index (κ1) is 16.1. The number of hydrogen-bond donors (Lipinski definition) is 1. The monoisotopic (exact) mass is 303 g/mol. The van der Waals surface area contributed by atoms with Crippen LogP contribution in [-0.2, 0) is 0 Å². The van der Waals surface area contributed by atoms with Gasteiger partial charge >= 0.3 is 0 Å². The van der Waals surface area contributed by atoms with Crippen LogP contribution in [0.4, 0.5) is 0 Å². The van der Waals surface area contributed by atoms with Gasteiger partial charge in [0.05, 0.1) is 0 Å². The zero-order chi connectivity index (χ0) is 15.6. The SMILES string of the molecule is Cc1ccc(C(C)C)cc1OC(c1sccc1C)C(C)N. The topological polar surface area (TPSA) is 35.2 Å². The normalized spacial score (nSPS) is 14.2. The fourth-order valence-corrected chi connectivity index (χ4v) is 3.38. The summed E-state index contributed by atoms with van der Waals surface area (Å²) in [4.78, 5) is 1.22. The standard InChI is InChI=1S/C18H25NOS/c1-11(2)15-7-6-12(3)16(10-15)20-17(14(5)19)18-13(4)8-9-21-18/h6-11,14,17H,19H2,1-5H3. The molecule has 0 aliphatic carbocycles. The Balaban J connectivity index is 2.34. The van der Waals surface area contributed by atoms with Crippen LogP contribution >= 0.6 is 11.3 Å². The minimum absolute atomic E-state index is 0.0514. The van der Waals surface area contributed by atoms with Crippen LogP contribution in [0.2, 0.25) is 0 Å². The van der Waals surface area contributed by atoms with Gasteiger partial charge in [0.15, 0.2) is 0 Å². The maximum atomic E-state index is 6.31. The van der Waals surface area contributed by atoms with Crippen molar-refractivity contribution in [1.29, 1.82) is 0 Å². The molecule has 21 heavy (non-hydrogen) atoms. The summed E-state index contributed by atoms with van der Waals surface area (Å²) in [6, 6.07) is 8.52. The molecule has 3 heteroatoms. The van der Waals surface area contributed by atoms with Crippen LogP contribution in [0.25, 0.3) is 0 Å². The quantitative estimate of drug-likeness (QED) is 0.847. The van der Waals surface area contributed by atoms with E-state index in [1.54, 1.807) is 11.3 Å². The lowest BCUT2D eigenvalue weighted by molar-refractivity contribution is 0.182. The second-order valence-corrected chi connectivity index (χ2v) is 6.99. The lowest BCUT2D eigenvalue weighted by Crippen LogP contribution is -2.29. The molecule has 2 nitrogen and oxygen atoms in total. The van der Waals surface area contributed by atoms with Crippen LogP contribution in [0.1, 0.15) is 54.4 Å². The van der Waals surface area contributed by atoms with Crippen LogP contribution in [0.3, 0.4) is 0 Å². The minimum Gasteiger partial charge on any atom is -0.483 e. The number of thiophene rings is 1. The Kier molecular flexibility index (Phi) is 5.07. The van der Waals surface area contributed by atoms with Crippen molar-refractivity contribution in [2.24, 2.45) is 5.73 Å². The first-order valence-corrected chi connectivity index (χ1v) is 8.35. The molecular formula is C18H25NOS. The summed E-state index contributed by atoms with van der Waals surface area (Å²) in [5.41, 5.74) is 9.87. The number of nitrogens with two attached hydrogens (primary N) is 1. The second kappa shape index (κ2) is 6.63. The Morgan fingerprint density at radius 3 is 2.29 bits per heavy atom. The fraction of sp³-hybridized carbons (Fsp3) is 0.444. The molecule has 2 unspecified atom stereocenters. The molecule has 0 aliphatic rings. The van der Waals surface area contributed by atoms with Crippen molar-refractivity contribution in [2.75, 3.05) is 0 Å². The van der Waals surface area contributed by atoms with E-state index in [4.69, 9.17) is 10.5 Å². The van der Waals surface area contributed by atoms with Gasteiger partial charge in [-0.05, 0) is 60.9 Å². The highest BCUT2D eigenvalue weighted by molar-refractivity contribution is 7.10. The summed E-state index contributed by atoms with van der Waals surface area (Å²) < 4.78 is 6.31. The summed E-state index contributed by atoms with van der Waals surface area (Å²) in [5.74, 6) is 1.43. The molecule has 1 heterocycles. The Bertz CT molecular complexity index is 601. The summed E-state index contributed by atoms with van der Waals surface area (Å²) >= 11 is 1.72. The zero-order valence-corrected chi connectivity index (χ0v) is 14.3. The van der Waals surface area contributed by atoms with Crippen LogP contribution in [0.5, 0.6) is 5.75 Å². The van der Waals surface area contributed by atoms with E-state index >= 15 is 0 Å². The highest BCUT2D eigenvalue weighted by atomic mass is 32.1. The molecule has 0 amide bonds. The molecule has 0 fully saturated rings. The van der Waals surface area contributed by atoms with Gasteiger partial charge in [0, 0.05) is 10.9 Å². The van der Waals surface area contributed by atoms with Gasteiger partial charge < -0.3 is 10.5 Å². The summed E-state index contributed by atoms with van der Waals surface area (Å²) in [7, 11) is 0. The van der Waals surface area contributed by atoms with Gasteiger partial charge in [0.1, 0.15) is 11.9 Å². The molecule has 114 valence electrons. The third kappa shape index (κ3) is 3.66. The molecule has 0 bridgehead atoms. The first-order valence-electron chi connectivity index (χ1n) is 7.47. The lowest BCUT2D eigenvalue weighted by Gasteiger charge is -2.24. The van der Waals surface area contributed by atoms with Gasteiger partial charge in [-0.2, -0.15) is 0 Å². The molecule has 0 saturated heterocycles. The maximum absolute atomic E-state index is 6.31. The molecule has 1 aromatic carbocycles. The number of aryl methyl sites for hydroxylation is 2. The van der Waals surface area contributed by atoms with Crippen molar-refractivity contribution in [2.45, 2.75) is 52.7 Å². The van der Waals surface area contributed by atoms with Crippen LogP contribution in [0.15, 0.2) is 29.6 Å². The van der Waals surface area contributed by atoms with E-state index in [2.05, 4.69) is 57.3 Å². The average Bonchev–Trinajstić information content (AvgIpc) is 2.83. The smallest absolute Gasteiger partial charge is 0.148 e. The molecule has 1 aromatic heterocycles. The molecule has 0 aliphatic heterocycles. The second-order valence-electron chi connectivity index (χ2n) is 6.05. The van der Waals surface area contributed by atoms with E-state index in [9.17, 15) is 0 Å². The largest absolute Gasteiger partial charge is 0.483 e. The summed E-state index contributed by atoms with van der Waals surface area (Å²) in [6.45, 7) is 10.6. The Morgan fingerprint density at radius 1 is 1.05 bits per heavy atom. The van der Waals surface area contributed by atoms with E-state index in [0.29, 0.717) is 5.92 Å². The van der Waals surface area contributed by atoms with Gasteiger partial charge in [0.25, 0.3) is 0 Å². The van der Waals surface area contributed by atoms with E-state index < -0.39 is 0 Å². The zero-order valence-electron chi connectivity index (χ0n) is 13.5. The third-order valence-corrected chi connectivity index (χ3v) is 4.85. The van der Waals surface area contributed by atoms with E-state index in [-0.39, 0.29) is 12.1 Å². The predicted octanol–water partition coefficient (Wildman–Crippen LogP) is 4.96. The molecule has 2 rings (SSSR count). The fourth-order valence-electron chi connectivity index (χ4n) is 2.32. The Hall–Kier alpha value is -1.32. The maximum Gasteiger partial charge on any atom is 0.148 e. The Labute approximate surface area is 132 Å². The molecule has 2 aromatic rings. The minimum atomic E-state index is -0.0916. The number of hydrogen-bond acceptors (Lipinski definition) is 3. The van der Waals surface area contributed by atoms with E-state index in [1.807, 2.05) is 6.92 Å². The van der Waals surface area contributed by atoms with E-state index in [1.165, 1.54) is 16.0 Å². The van der Waals surface area contributed by atoms with Crippen molar-refractivity contribution in [1.82, 2.24) is 0 Å². The highest BCUT2D eigenvalue weighted by Gasteiger charge is 2.22. The highest BCUT2D eigenvalue weighted by Crippen LogP contribution is 2.33. The van der Waals surface area contributed by atoms with Crippen LogP contribution < -0.4 is 10.5 Å². The molecule has 0 spiro atoms. The summed E-state index contributed by atoms with van der Waals surface area (Å²) in [6.07, 6.45) is -0.0916. The molecule has 2 atom stereocenters. The van der Waals surface area contributed by atoms with E-state index in [0.717, 1.165) is 11.3 Å². The number of rotatable bonds is 5. The third-order valence-electron chi connectivity index (χ3n) is 3.77. The van der Waals surface area contributed by atoms with Crippen molar-refractivity contribution in [3.63, 3.8) is 0 Å². The van der Waals surface area contributed by atoms with Gasteiger partial charge in [-0.1, -0.05) is 26.0 Å². The lowest BCUT2D eigenvalue weighted by atomic mass is 10.0. The van der Waals surface area contributed by atoms with Gasteiger partial charge in [-0.3, -0.25) is 0 Å². The van der Waals surface area contributed by atoms with Crippen molar-refractivity contribution < 1.29 is 4.74 Å². The predicted molar refractivity (Wildman–Crippen MR) is 91.3 cm³/mol. The molecule has 0 saturated carbocycles. The molecular weight excluding hydrogens is 278 g/mol. The first-order chi connectivity index (χ1) is 9.90. The van der Waals surface area contributed by atoms with Gasteiger partial charge in [-0.25, -0.2) is 0 Å². The number of ether oxygens (including phenoxy) is 1. The van der Waals surface area contributed by atoms with Crippen molar-refractivity contribution in [3.8, 4) is 5.75 Å². The molecule has 0 radical (unpaired) electrons. The van der Waals surface area contributed by atoms with Gasteiger partial charge in [-0.15, -0.1) is 11.3 Å². The summed E-state index contributed by atoms with van der Waals surface area (Å²) in [5, 5.41) is 2.10. The Morgan fingerprint density at radius 2 is 1.76 bits per heavy atom.